The van der Waals surface area contributed by atoms with E-state index in [2.05, 4.69) is 16.7 Å². The van der Waals surface area contributed by atoms with Crippen LogP contribution < -0.4 is 10.6 Å². The molecule has 1 aromatic rings. The van der Waals surface area contributed by atoms with Crippen molar-refractivity contribution in [1.82, 2.24) is 5.32 Å². The number of hydrogen-bond donors (Lipinski definition) is 3. The van der Waals surface area contributed by atoms with E-state index < -0.39 is 5.97 Å². The van der Waals surface area contributed by atoms with Crippen LogP contribution in [0, 0.1) is 0 Å². The monoisotopic (exact) mass is 274 g/mol. The summed E-state index contributed by atoms with van der Waals surface area (Å²) >= 11 is 0. The number of carboxylic acids is 1. The van der Waals surface area contributed by atoms with Gasteiger partial charge in [0.1, 0.15) is 0 Å². The van der Waals surface area contributed by atoms with Crippen LogP contribution >= 0.6 is 0 Å². The van der Waals surface area contributed by atoms with Crippen molar-refractivity contribution in [1.29, 1.82) is 0 Å². The van der Waals surface area contributed by atoms with Gasteiger partial charge in [-0.1, -0.05) is 17.7 Å². The number of allylic oxidation sites excluding steroid dienone is 1. The Hall–Kier alpha value is -2.30. The van der Waals surface area contributed by atoms with Gasteiger partial charge in [-0.3, -0.25) is 0 Å². The molecule has 5 nitrogen and oxygen atoms in total. The van der Waals surface area contributed by atoms with E-state index in [0.29, 0.717) is 12.2 Å². The highest BCUT2D eigenvalue weighted by molar-refractivity contribution is 5.93. The second-order valence-corrected chi connectivity index (χ2v) is 4.77. The van der Waals surface area contributed by atoms with Gasteiger partial charge in [-0.2, -0.15) is 0 Å². The van der Waals surface area contributed by atoms with Gasteiger partial charge in [-0.15, -0.1) is 0 Å². The maximum absolute atomic E-state index is 11.7. The number of amides is 2. The Bertz CT molecular complexity index is 538. The van der Waals surface area contributed by atoms with E-state index in [1.54, 1.807) is 12.1 Å². The third-order valence-corrected chi connectivity index (χ3v) is 3.23. The van der Waals surface area contributed by atoms with Crippen molar-refractivity contribution in [3.05, 3.63) is 41.5 Å². The molecule has 5 heteroatoms. The van der Waals surface area contributed by atoms with Crippen LogP contribution in [-0.2, 0) is 0 Å². The van der Waals surface area contributed by atoms with Crippen LogP contribution in [0.4, 0.5) is 10.5 Å². The minimum atomic E-state index is -1.01. The molecule has 0 spiro atoms. The predicted octanol–water partition coefficient (Wildman–Crippen LogP) is 3.01. The number of anilines is 1. The van der Waals surface area contributed by atoms with Gasteiger partial charge in [0.05, 0.1) is 5.56 Å². The molecular weight excluding hydrogens is 256 g/mol. The van der Waals surface area contributed by atoms with Crippen LogP contribution in [0.1, 0.15) is 36.0 Å². The number of urea groups is 1. The molecule has 1 aliphatic carbocycles. The third kappa shape index (κ3) is 4.12. The Kier molecular flexibility index (Phi) is 4.76. The van der Waals surface area contributed by atoms with E-state index in [1.165, 1.54) is 24.1 Å². The Balaban J connectivity index is 1.78. The summed E-state index contributed by atoms with van der Waals surface area (Å²) in [5.74, 6) is -1.01. The lowest BCUT2D eigenvalue weighted by Crippen LogP contribution is -2.29. The number of aromatic carboxylic acids is 1. The lowest BCUT2D eigenvalue weighted by molar-refractivity contribution is 0.0697. The zero-order valence-electron chi connectivity index (χ0n) is 11.2. The molecule has 0 aromatic heterocycles. The fraction of sp³-hybridized carbons (Fsp3) is 0.333. The van der Waals surface area contributed by atoms with Gasteiger partial charge in [-0.25, -0.2) is 9.59 Å². The van der Waals surface area contributed by atoms with Crippen LogP contribution in [0.2, 0.25) is 0 Å². The molecule has 20 heavy (non-hydrogen) atoms. The Morgan fingerprint density at radius 1 is 1.30 bits per heavy atom. The van der Waals surface area contributed by atoms with Gasteiger partial charge in [0.2, 0.25) is 0 Å². The van der Waals surface area contributed by atoms with Crippen LogP contribution in [0.5, 0.6) is 0 Å². The van der Waals surface area contributed by atoms with Gasteiger partial charge in [0.25, 0.3) is 0 Å². The van der Waals surface area contributed by atoms with Crippen molar-refractivity contribution in [2.24, 2.45) is 0 Å². The average molecular weight is 274 g/mol. The van der Waals surface area contributed by atoms with E-state index in [4.69, 9.17) is 5.11 Å². The minimum Gasteiger partial charge on any atom is -0.478 e. The molecule has 0 saturated heterocycles. The normalized spacial score (nSPS) is 13.7. The first kappa shape index (κ1) is 14.1. The lowest BCUT2D eigenvalue weighted by atomic mass is 10.2. The fourth-order valence-corrected chi connectivity index (χ4v) is 2.21. The standard InChI is InChI=1S/C15H18N2O3/c18-14(19)12-6-3-7-13(10-12)17-15(20)16-9-8-11-4-1-2-5-11/h3-4,6-7,10H,1-2,5,8-9H2,(H,18,19)(H2,16,17,20). The summed E-state index contributed by atoms with van der Waals surface area (Å²) in [5.41, 5.74) is 2.03. The summed E-state index contributed by atoms with van der Waals surface area (Å²) in [6.07, 6.45) is 6.59. The average Bonchev–Trinajstić information content (AvgIpc) is 2.92. The summed E-state index contributed by atoms with van der Waals surface area (Å²) < 4.78 is 0. The SMILES string of the molecule is O=C(NCCC1=CCCC1)Nc1cccc(C(=O)O)c1. The van der Waals surface area contributed by atoms with E-state index in [1.807, 2.05) is 0 Å². The summed E-state index contributed by atoms with van der Waals surface area (Å²) in [5, 5.41) is 14.3. The number of hydrogen-bond acceptors (Lipinski definition) is 2. The minimum absolute atomic E-state index is 0.152. The van der Waals surface area contributed by atoms with E-state index in [-0.39, 0.29) is 11.6 Å². The topological polar surface area (TPSA) is 78.4 Å². The number of carboxylic acid groups (broad SMARTS) is 1. The Morgan fingerprint density at radius 3 is 2.85 bits per heavy atom. The van der Waals surface area contributed by atoms with Crippen molar-refractivity contribution in [3.8, 4) is 0 Å². The van der Waals surface area contributed by atoms with E-state index in [9.17, 15) is 9.59 Å². The molecule has 0 aliphatic heterocycles. The molecule has 2 rings (SSSR count). The van der Waals surface area contributed by atoms with Gasteiger partial charge >= 0.3 is 12.0 Å². The van der Waals surface area contributed by atoms with Crippen LogP contribution in [0.3, 0.4) is 0 Å². The predicted molar refractivity (Wildman–Crippen MR) is 77.0 cm³/mol. The molecule has 0 bridgehead atoms. The van der Waals surface area contributed by atoms with Gasteiger partial charge in [-0.05, 0) is 43.9 Å². The molecule has 0 radical (unpaired) electrons. The Labute approximate surface area is 117 Å². The highest BCUT2D eigenvalue weighted by Gasteiger charge is 2.07. The number of benzene rings is 1. The zero-order chi connectivity index (χ0) is 14.4. The van der Waals surface area contributed by atoms with Crippen molar-refractivity contribution in [2.75, 3.05) is 11.9 Å². The molecule has 0 saturated carbocycles. The molecular formula is C15H18N2O3. The number of carbonyl (C=O) groups excluding carboxylic acids is 1. The first-order chi connectivity index (χ1) is 9.65. The van der Waals surface area contributed by atoms with Crippen LogP contribution in [0.15, 0.2) is 35.9 Å². The summed E-state index contributed by atoms with van der Waals surface area (Å²) in [6.45, 7) is 0.594. The summed E-state index contributed by atoms with van der Waals surface area (Å²) in [4.78, 5) is 22.5. The lowest BCUT2D eigenvalue weighted by Gasteiger charge is -2.08. The maximum Gasteiger partial charge on any atom is 0.335 e. The first-order valence-corrected chi connectivity index (χ1v) is 6.71. The summed E-state index contributed by atoms with van der Waals surface area (Å²) in [6, 6.07) is 5.86. The fourth-order valence-electron chi connectivity index (χ4n) is 2.21. The largest absolute Gasteiger partial charge is 0.478 e. The van der Waals surface area contributed by atoms with Crippen molar-refractivity contribution in [2.45, 2.75) is 25.7 Å². The van der Waals surface area contributed by atoms with Crippen LogP contribution in [-0.4, -0.2) is 23.7 Å². The number of carbonyl (C=O) groups is 2. The zero-order valence-corrected chi connectivity index (χ0v) is 11.2. The Morgan fingerprint density at radius 2 is 2.15 bits per heavy atom. The molecule has 0 heterocycles. The highest BCUT2D eigenvalue weighted by Crippen LogP contribution is 2.19. The van der Waals surface area contributed by atoms with Gasteiger partial charge in [0.15, 0.2) is 0 Å². The molecule has 3 N–H and O–H groups in total. The molecule has 0 atom stereocenters. The molecule has 2 amide bonds. The third-order valence-electron chi connectivity index (χ3n) is 3.23. The maximum atomic E-state index is 11.7. The molecule has 106 valence electrons. The van der Waals surface area contributed by atoms with Gasteiger partial charge in [0, 0.05) is 12.2 Å². The van der Waals surface area contributed by atoms with E-state index >= 15 is 0 Å². The van der Waals surface area contributed by atoms with Crippen LogP contribution in [0.25, 0.3) is 0 Å². The smallest absolute Gasteiger partial charge is 0.335 e. The number of rotatable bonds is 5. The van der Waals surface area contributed by atoms with E-state index in [0.717, 1.165) is 19.3 Å². The molecule has 0 unspecified atom stereocenters. The number of nitrogens with one attached hydrogen (secondary N) is 2. The van der Waals surface area contributed by atoms with Crippen molar-refractivity contribution < 1.29 is 14.7 Å². The molecule has 1 aromatic carbocycles. The molecule has 1 aliphatic rings. The second-order valence-electron chi connectivity index (χ2n) is 4.77. The second kappa shape index (κ2) is 6.75. The van der Waals surface area contributed by atoms with Crippen molar-refractivity contribution in [3.63, 3.8) is 0 Å². The summed E-state index contributed by atoms with van der Waals surface area (Å²) in [7, 11) is 0. The first-order valence-electron chi connectivity index (χ1n) is 6.71. The highest BCUT2D eigenvalue weighted by atomic mass is 16.4. The van der Waals surface area contributed by atoms with Gasteiger partial charge < -0.3 is 15.7 Å². The molecule has 0 fully saturated rings. The van der Waals surface area contributed by atoms with Crippen molar-refractivity contribution >= 4 is 17.7 Å². The quantitative estimate of drug-likeness (QED) is 0.722.